The van der Waals surface area contributed by atoms with Crippen LogP contribution in [0, 0.1) is 0 Å². The molecule has 2 aliphatic rings. The summed E-state index contributed by atoms with van der Waals surface area (Å²) in [6, 6.07) is 7.94. The predicted molar refractivity (Wildman–Crippen MR) is 95.6 cm³/mol. The summed E-state index contributed by atoms with van der Waals surface area (Å²) in [6.45, 7) is -0.372. The van der Waals surface area contributed by atoms with Gasteiger partial charge in [0, 0.05) is 12.5 Å². The number of nitrogens with one attached hydrogen (secondary N) is 2. The van der Waals surface area contributed by atoms with Crippen molar-refractivity contribution in [3.63, 3.8) is 0 Å². The molecular formula is C19H23N3O5. The molecule has 4 amide bonds. The zero-order valence-electron chi connectivity index (χ0n) is 14.9. The third-order valence-corrected chi connectivity index (χ3v) is 5.18. The van der Waals surface area contributed by atoms with Gasteiger partial charge in [-0.2, -0.15) is 0 Å². The van der Waals surface area contributed by atoms with Gasteiger partial charge in [-0.1, -0.05) is 43.2 Å². The van der Waals surface area contributed by atoms with Crippen LogP contribution >= 0.6 is 0 Å². The molecule has 0 unspecified atom stereocenters. The molecular weight excluding hydrogens is 350 g/mol. The van der Waals surface area contributed by atoms with Gasteiger partial charge in [-0.15, -0.1) is 0 Å². The molecule has 144 valence electrons. The molecule has 0 bridgehead atoms. The van der Waals surface area contributed by atoms with Crippen LogP contribution in [-0.2, 0) is 19.9 Å². The number of carbonyl (C=O) groups excluding carboxylic acids is 3. The first-order valence-electron chi connectivity index (χ1n) is 9.13. The number of amides is 4. The average Bonchev–Trinajstić information content (AvgIpc) is 3.23. The van der Waals surface area contributed by atoms with Crippen molar-refractivity contribution in [2.75, 3.05) is 6.54 Å². The Morgan fingerprint density at radius 3 is 2.48 bits per heavy atom. The summed E-state index contributed by atoms with van der Waals surface area (Å²) in [7, 11) is 0. The number of benzene rings is 1. The van der Waals surface area contributed by atoms with Crippen LogP contribution in [0.4, 0.5) is 4.79 Å². The van der Waals surface area contributed by atoms with E-state index in [1.54, 1.807) is 30.3 Å². The number of carbonyl (C=O) groups is 4. The molecule has 3 N–H and O–H groups in total. The number of rotatable bonds is 7. The lowest BCUT2D eigenvalue weighted by atomic mass is 9.85. The first kappa shape index (κ1) is 18.9. The fourth-order valence-corrected chi connectivity index (χ4v) is 3.78. The van der Waals surface area contributed by atoms with Gasteiger partial charge in [0.05, 0.1) is 0 Å². The van der Waals surface area contributed by atoms with Gasteiger partial charge in [0.1, 0.15) is 12.1 Å². The number of hydrogen-bond acceptors (Lipinski definition) is 4. The molecule has 1 aromatic carbocycles. The van der Waals surface area contributed by atoms with Crippen molar-refractivity contribution in [1.82, 2.24) is 15.5 Å². The number of imide groups is 1. The summed E-state index contributed by atoms with van der Waals surface area (Å²) < 4.78 is 0. The molecule has 1 aliphatic heterocycles. The number of aliphatic carboxylic acids is 1. The van der Waals surface area contributed by atoms with E-state index >= 15 is 0 Å². The molecule has 27 heavy (non-hydrogen) atoms. The summed E-state index contributed by atoms with van der Waals surface area (Å²) in [5.74, 6) is -2.04. The zero-order valence-corrected chi connectivity index (χ0v) is 14.9. The van der Waals surface area contributed by atoms with Crippen LogP contribution in [-0.4, -0.2) is 46.4 Å². The quantitative estimate of drug-likeness (QED) is 0.624. The number of urea groups is 1. The van der Waals surface area contributed by atoms with E-state index in [0.717, 1.165) is 30.6 Å². The second-order valence-electron chi connectivity index (χ2n) is 7.04. The third kappa shape index (κ3) is 3.94. The van der Waals surface area contributed by atoms with E-state index in [-0.39, 0.29) is 31.3 Å². The largest absolute Gasteiger partial charge is 0.481 e. The highest BCUT2D eigenvalue weighted by Crippen LogP contribution is 2.33. The summed E-state index contributed by atoms with van der Waals surface area (Å²) in [5, 5.41) is 14.5. The van der Waals surface area contributed by atoms with Crippen LogP contribution in [0.3, 0.4) is 0 Å². The van der Waals surface area contributed by atoms with E-state index < -0.39 is 23.4 Å². The minimum absolute atomic E-state index is 0.0857. The van der Waals surface area contributed by atoms with Gasteiger partial charge < -0.3 is 15.7 Å². The molecule has 8 nitrogen and oxygen atoms in total. The van der Waals surface area contributed by atoms with Gasteiger partial charge in [0.25, 0.3) is 5.91 Å². The molecule has 0 radical (unpaired) electrons. The Bertz CT molecular complexity index is 745. The molecule has 1 atom stereocenters. The molecule has 2 fully saturated rings. The van der Waals surface area contributed by atoms with Gasteiger partial charge in [-0.05, 0) is 24.8 Å². The SMILES string of the molecule is O=C(O)CC[C@@]1(c2ccccc2)NC(=O)N(CC(=O)NC2CCCC2)C1=O. The molecule has 1 aromatic rings. The maximum atomic E-state index is 13.1. The van der Waals surface area contributed by atoms with Gasteiger partial charge in [0.2, 0.25) is 5.91 Å². The number of hydrogen-bond donors (Lipinski definition) is 3. The van der Waals surface area contributed by atoms with Crippen LogP contribution in [0.15, 0.2) is 30.3 Å². The van der Waals surface area contributed by atoms with Crippen LogP contribution in [0.25, 0.3) is 0 Å². The molecule has 1 saturated heterocycles. The molecule has 1 aliphatic carbocycles. The van der Waals surface area contributed by atoms with Crippen LogP contribution < -0.4 is 10.6 Å². The van der Waals surface area contributed by atoms with Crippen molar-refractivity contribution < 1.29 is 24.3 Å². The van der Waals surface area contributed by atoms with Crippen molar-refractivity contribution in [2.45, 2.75) is 50.1 Å². The second-order valence-corrected chi connectivity index (χ2v) is 7.04. The summed E-state index contributed by atoms with van der Waals surface area (Å²) in [5.41, 5.74) is -0.965. The normalized spacial score (nSPS) is 22.7. The lowest BCUT2D eigenvalue weighted by Gasteiger charge is -2.26. The molecule has 1 heterocycles. The number of carboxylic acid groups (broad SMARTS) is 1. The van der Waals surface area contributed by atoms with Crippen molar-refractivity contribution in [2.24, 2.45) is 0 Å². The first-order valence-corrected chi connectivity index (χ1v) is 9.13. The van der Waals surface area contributed by atoms with Crippen molar-refractivity contribution in [1.29, 1.82) is 0 Å². The Morgan fingerprint density at radius 1 is 1.19 bits per heavy atom. The fraction of sp³-hybridized carbons (Fsp3) is 0.474. The van der Waals surface area contributed by atoms with E-state index in [1.165, 1.54) is 0 Å². The summed E-state index contributed by atoms with van der Waals surface area (Å²) in [4.78, 5) is 49.8. The van der Waals surface area contributed by atoms with Crippen molar-refractivity contribution in [3.05, 3.63) is 35.9 Å². The Kier molecular flexibility index (Phi) is 5.43. The molecule has 1 saturated carbocycles. The Morgan fingerprint density at radius 2 is 1.85 bits per heavy atom. The third-order valence-electron chi connectivity index (χ3n) is 5.18. The second kappa shape index (κ2) is 7.77. The highest BCUT2D eigenvalue weighted by atomic mass is 16.4. The molecule has 0 aromatic heterocycles. The molecule has 8 heteroatoms. The summed E-state index contributed by atoms with van der Waals surface area (Å²) >= 11 is 0. The standard InChI is InChI=1S/C19H23N3O5/c23-15(20-14-8-4-5-9-14)12-22-17(26)19(21-18(22)27,11-10-16(24)25)13-6-2-1-3-7-13/h1-3,6-7,14H,4-5,8-12H2,(H,20,23)(H,21,27)(H,24,25)/t19-/m0/s1. The fourth-order valence-electron chi connectivity index (χ4n) is 3.78. The van der Waals surface area contributed by atoms with Crippen molar-refractivity contribution in [3.8, 4) is 0 Å². The molecule has 3 rings (SSSR count). The zero-order chi connectivity index (χ0) is 19.4. The Balaban J connectivity index is 1.79. The van der Waals surface area contributed by atoms with Crippen LogP contribution in [0.2, 0.25) is 0 Å². The minimum Gasteiger partial charge on any atom is -0.481 e. The minimum atomic E-state index is -1.47. The van der Waals surface area contributed by atoms with Crippen molar-refractivity contribution >= 4 is 23.8 Å². The number of carboxylic acids is 1. The maximum Gasteiger partial charge on any atom is 0.325 e. The average molecular weight is 373 g/mol. The lowest BCUT2D eigenvalue weighted by Crippen LogP contribution is -2.46. The highest BCUT2D eigenvalue weighted by Gasteiger charge is 2.52. The van der Waals surface area contributed by atoms with Gasteiger partial charge >= 0.3 is 12.0 Å². The van der Waals surface area contributed by atoms with Gasteiger partial charge in [-0.3, -0.25) is 19.3 Å². The Hall–Kier alpha value is -2.90. The Labute approximate surface area is 156 Å². The number of nitrogens with zero attached hydrogens (tertiary/aromatic N) is 1. The van der Waals surface area contributed by atoms with Crippen LogP contribution in [0.5, 0.6) is 0 Å². The highest BCUT2D eigenvalue weighted by molar-refractivity contribution is 6.09. The van der Waals surface area contributed by atoms with E-state index in [4.69, 9.17) is 5.11 Å². The monoisotopic (exact) mass is 373 g/mol. The van der Waals surface area contributed by atoms with Gasteiger partial charge in [-0.25, -0.2) is 4.79 Å². The summed E-state index contributed by atoms with van der Waals surface area (Å²) in [6.07, 6.45) is 3.54. The lowest BCUT2D eigenvalue weighted by molar-refractivity contribution is -0.139. The van der Waals surface area contributed by atoms with E-state index in [0.29, 0.717) is 5.56 Å². The first-order chi connectivity index (χ1) is 12.9. The molecule has 0 spiro atoms. The smallest absolute Gasteiger partial charge is 0.325 e. The van der Waals surface area contributed by atoms with E-state index in [1.807, 2.05) is 0 Å². The maximum absolute atomic E-state index is 13.1. The van der Waals surface area contributed by atoms with Crippen LogP contribution in [0.1, 0.15) is 44.1 Å². The predicted octanol–water partition coefficient (Wildman–Crippen LogP) is 1.36. The van der Waals surface area contributed by atoms with E-state index in [2.05, 4.69) is 10.6 Å². The topological polar surface area (TPSA) is 116 Å². The van der Waals surface area contributed by atoms with E-state index in [9.17, 15) is 19.2 Å². The van der Waals surface area contributed by atoms with Gasteiger partial charge in [0.15, 0.2) is 0 Å².